The van der Waals surface area contributed by atoms with Gasteiger partial charge in [0.25, 0.3) is 5.91 Å². The number of sulfonamides is 1. The average molecular weight is 473 g/mol. The standard InChI is InChI=1S/C20H19ClF2N2O5S/c21-14-5-7-15(22)17(11-14)24-19(26)12-30-20(27)13-4-6-16(23)18(10-13)31(28,29)25-8-2-1-3-9-25/h4-7,10-11H,1-3,8-9,12H2,(H,24,26). The molecule has 1 N–H and O–H groups in total. The van der Waals surface area contributed by atoms with Crippen molar-refractivity contribution in [2.75, 3.05) is 25.0 Å². The van der Waals surface area contributed by atoms with Crippen molar-refractivity contribution in [1.29, 1.82) is 0 Å². The fourth-order valence-corrected chi connectivity index (χ4v) is 4.85. The van der Waals surface area contributed by atoms with E-state index in [1.165, 1.54) is 16.4 Å². The van der Waals surface area contributed by atoms with Gasteiger partial charge in [0, 0.05) is 18.1 Å². The van der Waals surface area contributed by atoms with Gasteiger partial charge in [-0.15, -0.1) is 0 Å². The van der Waals surface area contributed by atoms with Crippen LogP contribution in [0.15, 0.2) is 41.3 Å². The number of esters is 1. The molecule has 2 aromatic carbocycles. The van der Waals surface area contributed by atoms with Crippen LogP contribution in [0.4, 0.5) is 14.5 Å². The smallest absolute Gasteiger partial charge is 0.338 e. The Morgan fingerprint density at radius 1 is 1.03 bits per heavy atom. The molecule has 1 amide bonds. The molecule has 1 saturated heterocycles. The summed E-state index contributed by atoms with van der Waals surface area (Å²) in [4.78, 5) is 23.6. The van der Waals surface area contributed by atoms with Gasteiger partial charge in [-0.1, -0.05) is 18.0 Å². The summed E-state index contributed by atoms with van der Waals surface area (Å²) in [5, 5.41) is 2.40. The van der Waals surface area contributed by atoms with Crippen LogP contribution in [0.1, 0.15) is 29.6 Å². The van der Waals surface area contributed by atoms with Crippen LogP contribution < -0.4 is 5.32 Å². The molecule has 1 aliphatic rings. The number of halogens is 3. The number of hydrogen-bond donors (Lipinski definition) is 1. The maximum absolute atomic E-state index is 14.2. The number of nitrogens with zero attached hydrogens (tertiary/aromatic N) is 1. The largest absolute Gasteiger partial charge is 0.452 e. The molecule has 0 bridgehead atoms. The first-order valence-corrected chi connectivity index (χ1v) is 11.2. The second-order valence-corrected chi connectivity index (χ2v) is 9.20. The maximum atomic E-state index is 14.2. The monoisotopic (exact) mass is 472 g/mol. The molecule has 0 saturated carbocycles. The van der Waals surface area contributed by atoms with Crippen molar-refractivity contribution in [2.45, 2.75) is 24.2 Å². The third-order valence-electron chi connectivity index (χ3n) is 4.64. The van der Waals surface area contributed by atoms with E-state index in [4.69, 9.17) is 16.3 Å². The van der Waals surface area contributed by atoms with E-state index in [9.17, 15) is 26.8 Å². The molecule has 0 unspecified atom stereocenters. The molecule has 166 valence electrons. The molecule has 0 radical (unpaired) electrons. The third kappa shape index (κ3) is 5.57. The van der Waals surface area contributed by atoms with E-state index in [2.05, 4.69) is 5.32 Å². The molecule has 1 aliphatic heterocycles. The van der Waals surface area contributed by atoms with E-state index in [0.29, 0.717) is 12.8 Å². The van der Waals surface area contributed by atoms with Crippen LogP contribution in [0.2, 0.25) is 5.02 Å². The van der Waals surface area contributed by atoms with Crippen LogP contribution in [-0.4, -0.2) is 44.3 Å². The van der Waals surface area contributed by atoms with Crippen LogP contribution >= 0.6 is 11.6 Å². The van der Waals surface area contributed by atoms with E-state index in [-0.39, 0.29) is 29.4 Å². The molecule has 0 atom stereocenters. The summed E-state index contributed by atoms with van der Waals surface area (Å²) in [7, 11) is -4.11. The van der Waals surface area contributed by atoms with Crippen LogP contribution in [0, 0.1) is 11.6 Å². The predicted molar refractivity (Wildman–Crippen MR) is 109 cm³/mol. The van der Waals surface area contributed by atoms with Crippen LogP contribution in [-0.2, 0) is 19.6 Å². The van der Waals surface area contributed by atoms with Crippen molar-refractivity contribution in [1.82, 2.24) is 4.31 Å². The topological polar surface area (TPSA) is 92.8 Å². The van der Waals surface area contributed by atoms with Crippen molar-refractivity contribution in [2.24, 2.45) is 0 Å². The van der Waals surface area contributed by atoms with Crippen molar-refractivity contribution in [3.05, 3.63) is 58.6 Å². The second kappa shape index (κ2) is 9.71. The number of piperidine rings is 1. The Morgan fingerprint density at radius 2 is 1.71 bits per heavy atom. The fraction of sp³-hybridized carbons (Fsp3) is 0.300. The third-order valence-corrected chi connectivity index (χ3v) is 6.79. The summed E-state index contributed by atoms with van der Waals surface area (Å²) in [5.41, 5.74) is -0.427. The quantitative estimate of drug-likeness (QED) is 0.648. The van der Waals surface area contributed by atoms with Gasteiger partial charge in [0.2, 0.25) is 10.0 Å². The summed E-state index contributed by atoms with van der Waals surface area (Å²) in [6, 6.07) is 6.35. The SMILES string of the molecule is O=C(COC(=O)c1ccc(F)c(S(=O)(=O)N2CCCCC2)c1)Nc1cc(Cl)ccc1F. The molecule has 2 aromatic rings. The number of nitrogens with one attached hydrogen (secondary N) is 1. The molecule has 31 heavy (non-hydrogen) atoms. The number of hydrogen-bond acceptors (Lipinski definition) is 5. The highest BCUT2D eigenvalue weighted by molar-refractivity contribution is 7.89. The Balaban J connectivity index is 1.68. The fourth-order valence-electron chi connectivity index (χ4n) is 3.07. The molecule has 11 heteroatoms. The van der Waals surface area contributed by atoms with Crippen molar-refractivity contribution < 1.29 is 31.5 Å². The van der Waals surface area contributed by atoms with E-state index >= 15 is 0 Å². The van der Waals surface area contributed by atoms with Crippen LogP contribution in [0.5, 0.6) is 0 Å². The zero-order valence-electron chi connectivity index (χ0n) is 16.2. The lowest BCUT2D eigenvalue weighted by Crippen LogP contribution is -2.36. The first-order chi connectivity index (χ1) is 14.7. The summed E-state index contributed by atoms with van der Waals surface area (Å²) in [6.45, 7) is -0.219. The van der Waals surface area contributed by atoms with Gasteiger partial charge < -0.3 is 10.1 Å². The first-order valence-electron chi connectivity index (χ1n) is 9.40. The summed E-state index contributed by atoms with van der Waals surface area (Å²) in [6.07, 6.45) is 2.23. The molecule has 1 fully saturated rings. The second-order valence-electron chi connectivity index (χ2n) is 6.86. The van der Waals surface area contributed by atoms with Crippen LogP contribution in [0.25, 0.3) is 0 Å². The number of carbonyl (C=O) groups is 2. The number of rotatable bonds is 6. The molecule has 0 aromatic heterocycles. The average Bonchev–Trinajstić information content (AvgIpc) is 2.75. The lowest BCUT2D eigenvalue weighted by atomic mass is 10.2. The van der Waals surface area contributed by atoms with Gasteiger partial charge in [-0.2, -0.15) is 4.31 Å². The summed E-state index contributed by atoms with van der Waals surface area (Å²) in [5.74, 6) is -3.58. The van der Waals surface area contributed by atoms with E-state index in [1.807, 2.05) is 0 Å². The lowest BCUT2D eigenvalue weighted by molar-refractivity contribution is -0.119. The molecular weight excluding hydrogens is 454 g/mol. The van der Waals surface area contributed by atoms with Crippen LogP contribution in [0.3, 0.4) is 0 Å². The van der Waals surface area contributed by atoms with Gasteiger partial charge in [0.05, 0.1) is 11.3 Å². The van der Waals surface area contributed by atoms with E-state index in [1.54, 1.807) is 0 Å². The van der Waals surface area contributed by atoms with Crippen molar-refractivity contribution >= 4 is 39.2 Å². The highest BCUT2D eigenvalue weighted by Crippen LogP contribution is 2.24. The van der Waals surface area contributed by atoms with E-state index in [0.717, 1.165) is 30.7 Å². The summed E-state index contributed by atoms with van der Waals surface area (Å²) >= 11 is 5.74. The minimum absolute atomic E-state index is 0.190. The molecule has 3 rings (SSSR count). The zero-order valence-corrected chi connectivity index (χ0v) is 17.8. The van der Waals surface area contributed by atoms with E-state index < -0.39 is 45.0 Å². The molecule has 0 aliphatic carbocycles. The zero-order chi connectivity index (χ0) is 22.6. The number of benzene rings is 2. The van der Waals surface area contributed by atoms with Crippen molar-refractivity contribution in [3.8, 4) is 0 Å². The first kappa shape index (κ1) is 23.1. The van der Waals surface area contributed by atoms with Crippen molar-refractivity contribution in [3.63, 3.8) is 0 Å². The predicted octanol–water partition coefficient (Wildman–Crippen LogP) is 3.59. The number of amides is 1. The Labute approximate surface area is 183 Å². The minimum atomic E-state index is -4.11. The lowest BCUT2D eigenvalue weighted by Gasteiger charge is -2.26. The molecule has 7 nitrogen and oxygen atoms in total. The van der Waals surface area contributed by atoms with Gasteiger partial charge in [0.15, 0.2) is 6.61 Å². The normalized spacial score (nSPS) is 14.8. The Morgan fingerprint density at radius 3 is 2.42 bits per heavy atom. The number of anilines is 1. The van der Waals surface area contributed by atoms with Gasteiger partial charge in [0.1, 0.15) is 16.5 Å². The molecule has 1 heterocycles. The maximum Gasteiger partial charge on any atom is 0.338 e. The van der Waals surface area contributed by atoms with Gasteiger partial charge >= 0.3 is 5.97 Å². The minimum Gasteiger partial charge on any atom is -0.452 e. The highest BCUT2D eigenvalue weighted by Gasteiger charge is 2.29. The van der Waals surface area contributed by atoms with Gasteiger partial charge in [-0.3, -0.25) is 4.79 Å². The number of carbonyl (C=O) groups excluding carboxylic acids is 2. The number of ether oxygens (including phenoxy) is 1. The Bertz CT molecular complexity index is 1100. The summed E-state index contributed by atoms with van der Waals surface area (Å²) < 4.78 is 59.4. The van der Waals surface area contributed by atoms with Gasteiger partial charge in [-0.25, -0.2) is 22.0 Å². The van der Waals surface area contributed by atoms with Gasteiger partial charge in [-0.05, 0) is 49.2 Å². The Hall–Kier alpha value is -2.56. The highest BCUT2D eigenvalue weighted by atomic mass is 35.5. The molecular formula is C20H19ClF2N2O5S. The molecule has 0 spiro atoms. The Kier molecular flexibility index (Phi) is 7.24.